The van der Waals surface area contributed by atoms with Crippen molar-refractivity contribution in [1.82, 2.24) is 19.2 Å². The van der Waals surface area contributed by atoms with Gasteiger partial charge in [-0.25, -0.2) is 8.42 Å². The monoisotopic (exact) mass is 418 g/mol. The number of hydrogen-bond acceptors (Lipinski definition) is 4. The fourth-order valence-electron chi connectivity index (χ4n) is 3.45. The quantitative estimate of drug-likeness (QED) is 0.705. The summed E-state index contributed by atoms with van der Waals surface area (Å²) >= 11 is 6.12. The second kappa shape index (κ2) is 7.20. The molecule has 1 N–H and O–H groups in total. The minimum atomic E-state index is -3.76. The number of carbonyl (C=O) groups is 1. The number of carbonyl (C=O) groups excluding carboxylic acids is 1. The molecule has 0 aliphatic carbocycles. The molecule has 0 radical (unpaired) electrons. The lowest BCUT2D eigenvalue weighted by molar-refractivity contribution is -0.132. The molecular weight excluding hydrogens is 400 g/mol. The zero-order valence-corrected chi connectivity index (χ0v) is 16.8. The average molecular weight is 419 g/mol. The van der Waals surface area contributed by atoms with Crippen LogP contribution in [0.1, 0.15) is 11.3 Å². The van der Waals surface area contributed by atoms with Gasteiger partial charge in [-0.3, -0.25) is 9.78 Å². The van der Waals surface area contributed by atoms with Crippen LogP contribution in [0.5, 0.6) is 0 Å². The fourth-order valence-corrected chi connectivity index (χ4v) is 4.71. The Morgan fingerprint density at radius 2 is 2.18 bits per heavy atom. The van der Waals surface area contributed by atoms with Crippen LogP contribution in [-0.2, 0) is 27.8 Å². The standard InChI is InChI=1S/C19H19ClN4O3S/c1-23(28(26,27)14-3-2-7-21-10-14)12-19(25)24-8-6-18-16(11-24)15-9-13(20)4-5-17(15)22-18/h2-5,7,9-10,22H,6,8,11-12H2,1H3. The van der Waals surface area contributed by atoms with Crippen molar-refractivity contribution in [3.8, 4) is 0 Å². The van der Waals surface area contributed by atoms with Gasteiger partial charge in [0, 0.05) is 66.1 Å². The Labute approximate surface area is 168 Å². The number of sulfonamides is 1. The SMILES string of the molecule is CN(CC(=O)N1CCc2[nH]c3ccc(Cl)cc3c2C1)S(=O)(=O)c1cccnc1. The van der Waals surface area contributed by atoms with E-state index in [0.29, 0.717) is 24.5 Å². The number of hydrogen-bond donors (Lipinski definition) is 1. The van der Waals surface area contributed by atoms with E-state index in [1.54, 1.807) is 11.0 Å². The molecule has 0 saturated carbocycles. The maximum absolute atomic E-state index is 12.8. The molecule has 7 nitrogen and oxygen atoms in total. The molecule has 0 unspecified atom stereocenters. The van der Waals surface area contributed by atoms with Crippen LogP contribution >= 0.6 is 11.6 Å². The van der Waals surface area contributed by atoms with Crippen LogP contribution in [0.3, 0.4) is 0 Å². The Morgan fingerprint density at radius 1 is 1.36 bits per heavy atom. The maximum Gasteiger partial charge on any atom is 0.244 e. The number of nitrogens with zero attached hydrogens (tertiary/aromatic N) is 3. The minimum Gasteiger partial charge on any atom is -0.358 e. The third-order valence-electron chi connectivity index (χ3n) is 4.99. The van der Waals surface area contributed by atoms with Gasteiger partial charge in [0.05, 0.1) is 6.54 Å². The third-order valence-corrected chi connectivity index (χ3v) is 7.01. The normalized spacial score (nSPS) is 14.5. The smallest absolute Gasteiger partial charge is 0.244 e. The van der Waals surface area contributed by atoms with E-state index < -0.39 is 10.0 Å². The largest absolute Gasteiger partial charge is 0.358 e. The summed E-state index contributed by atoms with van der Waals surface area (Å²) < 4.78 is 26.3. The number of pyridine rings is 1. The molecule has 0 saturated heterocycles. The Kier molecular flexibility index (Phi) is 4.86. The molecule has 1 aromatic carbocycles. The van der Waals surface area contributed by atoms with Crippen LogP contribution in [0.25, 0.3) is 10.9 Å². The Balaban J connectivity index is 1.52. The van der Waals surface area contributed by atoms with E-state index in [1.165, 1.54) is 25.5 Å². The summed E-state index contributed by atoms with van der Waals surface area (Å²) in [4.78, 5) is 21.8. The number of H-pyrrole nitrogens is 1. The van der Waals surface area contributed by atoms with Crippen molar-refractivity contribution in [3.63, 3.8) is 0 Å². The molecule has 3 aromatic rings. The van der Waals surface area contributed by atoms with Crippen molar-refractivity contribution in [2.75, 3.05) is 20.1 Å². The van der Waals surface area contributed by atoms with Gasteiger partial charge in [0.2, 0.25) is 15.9 Å². The van der Waals surface area contributed by atoms with Crippen molar-refractivity contribution in [3.05, 3.63) is 59.0 Å². The average Bonchev–Trinajstić information content (AvgIpc) is 3.05. The highest BCUT2D eigenvalue weighted by Gasteiger charge is 2.28. The lowest BCUT2D eigenvalue weighted by Crippen LogP contribution is -2.43. The van der Waals surface area contributed by atoms with Gasteiger partial charge >= 0.3 is 0 Å². The predicted molar refractivity (Wildman–Crippen MR) is 106 cm³/mol. The summed E-state index contributed by atoms with van der Waals surface area (Å²) in [5.74, 6) is -0.239. The number of likely N-dealkylation sites (N-methyl/N-ethyl adjacent to an activating group) is 1. The summed E-state index contributed by atoms with van der Waals surface area (Å²) in [6.07, 6.45) is 3.47. The predicted octanol–water partition coefficient (Wildman–Crippen LogP) is 2.42. The molecule has 2 aromatic heterocycles. The van der Waals surface area contributed by atoms with E-state index in [-0.39, 0.29) is 17.3 Å². The Morgan fingerprint density at radius 3 is 2.93 bits per heavy atom. The molecule has 3 heterocycles. The van der Waals surface area contributed by atoms with E-state index >= 15 is 0 Å². The molecule has 9 heteroatoms. The highest BCUT2D eigenvalue weighted by atomic mass is 35.5. The number of benzene rings is 1. The first kappa shape index (κ1) is 18.9. The third kappa shape index (κ3) is 3.39. The van der Waals surface area contributed by atoms with Gasteiger partial charge in [-0.15, -0.1) is 0 Å². The molecule has 0 spiro atoms. The van der Waals surface area contributed by atoms with Gasteiger partial charge in [0.25, 0.3) is 0 Å². The van der Waals surface area contributed by atoms with E-state index in [4.69, 9.17) is 11.6 Å². The first-order chi connectivity index (χ1) is 13.4. The topological polar surface area (TPSA) is 86.4 Å². The molecule has 4 rings (SSSR count). The maximum atomic E-state index is 12.8. The van der Waals surface area contributed by atoms with Crippen molar-refractivity contribution in [1.29, 1.82) is 0 Å². The molecule has 1 aliphatic heterocycles. The number of nitrogens with one attached hydrogen (secondary N) is 1. The van der Waals surface area contributed by atoms with Crippen LogP contribution in [0.2, 0.25) is 5.02 Å². The molecule has 0 atom stereocenters. The first-order valence-corrected chi connectivity index (χ1v) is 10.6. The molecule has 1 aliphatic rings. The highest BCUT2D eigenvalue weighted by molar-refractivity contribution is 7.89. The number of amides is 1. The van der Waals surface area contributed by atoms with Crippen LogP contribution < -0.4 is 0 Å². The Hall–Kier alpha value is -2.42. The number of aromatic amines is 1. The summed E-state index contributed by atoms with van der Waals surface area (Å²) in [6.45, 7) is 0.734. The van der Waals surface area contributed by atoms with E-state index in [9.17, 15) is 13.2 Å². The number of rotatable bonds is 4. The summed E-state index contributed by atoms with van der Waals surface area (Å²) in [5.41, 5.74) is 3.12. The van der Waals surface area contributed by atoms with Gasteiger partial charge < -0.3 is 9.88 Å². The summed E-state index contributed by atoms with van der Waals surface area (Å²) in [6, 6.07) is 8.66. The van der Waals surface area contributed by atoms with Crippen molar-refractivity contribution >= 4 is 38.4 Å². The van der Waals surface area contributed by atoms with Crippen LogP contribution in [0.4, 0.5) is 0 Å². The summed E-state index contributed by atoms with van der Waals surface area (Å²) in [7, 11) is -2.36. The molecule has 146 valence electrons. The first-order valence-electron chi connectivity index (χ1n) is 8.79. The highest BCUT2D eigenvalue weighted by Crippen LogP contribution is 2.30. The molecule has 28 heavy (non-hydrogen) atoms. The van der Waals surface area contributed by atoms with Crippen LogP contribution in [0, 0.1) is 0 Å². The molecule has 0 fully saturated rings. The van der Waals surface area contributed by atoms with E-state index in [0.717, 1.165) is 26.5 Å². The van der Waals surface area contributed by atoms with Crippen LogP contribution in [-0.4, -0.2) is 53.6 Å². The van der Waals surface area contributed by atoms with E-state index in [1.807, 2.05) is 18.2 Å². The second-order valence-electron chi connectivity index (χ2n) is 6.79. The molecular formula is C19H19ClN4O3S. The fraction of sp³-hybridized carbons (Fsp3) is 0.263. The number of fused-ring (bicyclic) bond motifs is 3. The zero-order valence-electron chi connectivity index (χ0n) is 15.2. The van der Waals surface area contributed by atoms with Crippen molar-refractivity contribution < 1.29 is 13.2 Å². The van der Waals surface area contributed by atoms with Gasteiger partial charge in [-0.1, -0.05) is 11.6 Å². The van der Waals surface area contributed by atoms with E-state index in [2.05, 4.69) is 9.97 Å². The lowest BCUT2D eigenvalue weighted by Gasteiger charge is -2.29. The molecule has 0 bridgehead atoms. The van der Waals surface area contributed by atoms with Gasteiger partial charge in [-0.2, -0.15) is 4.31 Å². The minimum absolute atomic E-state index is 0.0671. The Bertz CT molecular complexity index is 1140. The van der Waals surface area contributed by atoms with Crippen LogP contribution in [0.15, 0.2) is 47.6 Å². The molecule has 1 amide bonds. The van der Waals surface area contributed by atoms with Crippen molar-refractivity contribution in [2.45, 2.75) is 17.9 Å². The summed E-state index contributed by atoms with van der Waals surface area (Å²) in [5, 5.41) is 1.64. The van der Waals surface area contributed by atoms with Gasteiger partial charge in [0.1, 0.15) is 4.90 Å². The van der Waals surface area contributed by atoms with Gasteiger partial charge in [-0.05, 0) is 30.3 Å². The lowest BCUT2D eigenvalue weighted by atomic mass is 10.0. The second-order valence-corrected chi connectivity index (χ2v) is 9.27. The zero-order chi connectivity index (χ0) is 19.9. The van der Waals surface area contributed by atoms with Gasteiger partial charge in [0.15, 0.2) is 0 Å². The number of halogens is 1. The van der Waals surface area contributed by atoms with Crippen molar-refractivity contribution in [2.24, 2.45) is 0 Å². The number of aromatic nitrogens is 2.